The molecule has 3 aromatic rings. The van der Waals surface area contributed by atoms with Crippen LogP contribution in [0.1, 0.15) is 76.0 Å². The molecular formula is C42H53N3O11S. The number of ether oxygens (including phenoxy) is 7. The Labute approximate surface area is 337 Å². The van der Waals surface area contributed by atoms with Gasteiger partial charge in [0.25, 0.3) is 0 Å². The van der Waals surface area contributed by atoms with Gasteiger partial charge in [-0.3, -0.25) is 9.69 Å². The molecule has 57 heavy (non-hydrogen) atoms. The Morgan fingerprint density at radius 2 is 1.72 bits per heavy atom. The van der Waals surface area contributed by atoms with Gasteiger partial charge in [0.05, 0.1) is 32.9 Å². The third-order valence-corrected chi connectivity index (χ3v) is 12.4. The van der Waals surface area contributed by atoms with Gasteiger partial charge in [-0.2, -0.15) is 11.8 Å². The molecule has 0 saturated carbocycles. The minimum absolute atomic E-state index is 0.0235. The summed E-state index contributed by atoms with van der Waals surface area (Å²) in [5.74, 6) is 2.19. The first-order valence-electron chi connectivity index (χ1n) is 19.3. The molecule has 0 aromatic heterocycles. The molecule has 0 amide bonds. The summed E-state index contributed by atoms with van der Waals surface area (Å²) in [5.41, 5.74) is 6.25. The van der Waals surface area contributed by atoms with E-state index in [1.165, 1.54) is 14.0 Å². The Morgan fingerprint density at radius 1 is 0.947 bits per heavy atom. The standard InChI is InChI=1S/C42H53N3O11S/c1-21-14-26-10-9-12-44-28(33-22(2)38(55-24(4)47)23(3)39-40(33)54-20-53-39)18-52-42(49)36-27-16-31(50-6)30(48)15-25(27)11-13-45(36)32(17-46)56-41(37(21)51-7)34(26)35(43-5)29(44)19-57-8/h14-16,28-29,32,35-36,43,46,48H,9-13,17-20H2,1-8H3/t28-,29?,32?,35-,36+/m0/s1. The van der Waals surface area contributed by atoms with E-state index in [-0.39, 0.29) is 37.0 Å². The summed E-state index contributed by atoms with van der Waals surface area (Å²) in [5, 5.41) is 25.6. The van der Waals surface area contributed by atoms with Gasteiger partial charge in [0.2, 0.25) is 6.79 Å². The molecule has 308 valence electrons. The molecule has 6 atom stereocenters. The summed E-state index contributed by atoms with van der Waals surface area (Å²) < 4.78 is 43.3. The maximum atomic E-state index is 15.0. The molecule has 3 aromatic carbocycles. The number of likely N-dealkylation sites (N-methyl/N-ethyl adjacent to an activating group) is 1. The van der Waals surface area contributed by atoms with Crippen molar-refractivity contribution in [3.05, 3.63) is 62.7 Å². The first-order valence-corrected chi connectivity index (χ1v) is 20.7. The number of fused-ring (bicyclic) bond motifs is 6. The van der Waals surface area contributed by atoms with Crippen LogP contribution in [0.15, 0.2) is 18.2 Å². The number of aliphatic hydroxyl groups is 1. The second kappa shape index (κ2) is 16.8. The SMILES string of the molecule is CN[C@@H]1c2c3cc(C)c(OC)c2OC(CO)N2CCc4cc(O)c(OC)cc4[C@@H]2C(=O)OC[C@@H](c2c(C)c(OC(C)=O)c(C)c4c2OCO4)N(CCC3)C1CSC. The smallest absolute Gasteiger partial charge is 0.328 e. The van der Waals surface area contributed by atoms with Crippen molar-refractivity contribution >= 4 is 23.7 Å². The van der Waals surface area contributed by atoms with E-state index in [9.17, 15) is 19.8 Å². The van der Waals surface area contributed by atoms with Gasteiger partial charge in [-0.05, 0) is 94.3 Å². The lowest BCUT2D eigenvalue weighted by molar-refractivity contribution is -0.159. The van der Waals surface area contributed by atoms with Crippen LogP contribution >= 0.6 is 11.8 Å². The van der Waals surface area contributed by atoms with Crippen LogP contribution in [0.4, 0.5) is 0 Å². The summed E-state index contributed by atoms with van der Waals surface area (Å²) in [6.07, 6.45) is 2.98. The second-order valence-corrected chi connectivity index (χ2v) is 15.8. The number of rotatable bonds is 8. The number of carbonyl (C=O) groups excluding carboxylic acids is 2. The highest BCUT2D eigenvalue weighted by Gasteiger charge is 2.45. The van der Waals surface area contributed by atoms with Crippen molar-refractivity contribution in [1.29, 1.82) is 0 Å². The maximum Gasteiger partial charge on any atom is 0.328 e. The van der Waals surface area contributed by atoms with Crippen LogP contribution in [-0.4, -0.2) is 111 Å². The number of thioether (sulfide) groups is 1. The molecular weight excluding hydrogens is 755 g/mol. The fourth-order valence-electron chi connectivity index (χ4n) is 9.31. The Balaban J connectivity index is 1.52. The highest BCUT2D eigenvalue weighted by Crippen LogP contribution is 2.52. The number of aromatic hydroxyl groups is 1. The second-order valence-electron chi connectivity index (χ2n) is 14.9. The van der Waals surface area contributed by atoms with E-state index >= 15 is 0 Å². The molecule has 4 aliphatic heterocycles. The van der Waals surface area contributed by atoms with Crippen molar-refractivity contribution < 1.29 is 53.0 Å². The number of phenols is 1. The van der Waals surface area contributed by atoms with Gasteiger partial charge in [-0.1, -0.05) is 6.07 Å². The van der Waals surface area contributed by atoms with E-state index < -0.39 is 36.9 Å². The number of nitrogens with one attached hydrogen (secondary N) is 1. The van der Waals surface area contributed by atoms with Crippen LogP contribution in [-0.2, 0) is 27.2 Å². The molecule has 0 aliphatic carbocycles. The number of aryl methyl sites for hydroxylation is 2. The Bertz CT molecular complexity index is 2040. The Kier molecular flexibility index (Phi) is 12.0. The predicted octanol–water partition coefficient (Wildman–Crippen LogP) is 4.82. The van der Waals surface area contributed by atoms with Crippen LogP contribution < -0.4 is 33.7 Å². The molecule has 4 aliphatic rings. The highest BCUT2D eigenvalue weighted by atomic mass is 32.2. The van der Waals surface area contributed by atoms with Gasteiger partial charge in [0, 0.05) is 47.5 Å². The maximum absolute atomic E-state index is 15.0. The molecule has 14 nitrogen and oxygen atoms in total. The summed E-state index contributed by atoms with van der Waals surface area (Å²) >= 11 is 1.70. The minimum Gasteiger partial charge on any atom is -0.504 e. The number of aliphatic hydroxyl groups excluding tert-OH is 1. The molecule has 0 radical (unpaired) electrons. The van der Waals surface area contributed by atoms with E-state index in [4.69, 9.17) is 33.2 Å². The largest absolute Gasteiger partial charge is 0.504 e. The van der Waals surface area contributed by atoms with Gasteiger partial charge in [-0.15, -0.1) is 0 Å². The van der Waals surface area contributed by atoms with Crippen molar-refractivity contribution in [2.24, 2.45) is 0 Å². The van der Waals surface area contributed by atoms with E-state index in [0.29, 0.717) is 82.7 Å². The number of cyclic esters (lactones) is 1. The van der Waals surface area contributed by atoms with Crippen molar-refractivity contribution in [1.82, 2.24) is 15.1 Å². The predicted molar refractivity (Wildman–Crippen MR) is 213 cm³/mol. The van der Waals surface area contributed by atoms with Gasteiger partial charge in [-0.25, -0.2) is 9.69 Å². The lowest BCUT2D eigenvalue weighted by atomic mass is 9.85. The van der Waals surface area contributed by atoms with E-state index in [1.54, 1.807) is 31.0 Å². The van der Waals surface area contributed by atoms with Crippen molar-refractivity contribution in [2.75, 3.05) is 66.4 Å². The monoisotopic (exact) mass is 807 g/mol. The zero-order valence-electron chi connectivity index (χ0n) is 33.9. The van der Waals surface area contributed by atoms with Crippen molar-refractivity contribution in [3.8, 4) is 40.2 Å². The van der Waals surface area contributed by atoms with Gasteiger partial charge in [0.15, 0.2) is 40.7 Å². The number of hydrogen-bond acceptors (Lipinski definition) is 15. The van der Waals surface area contributed by atoms with Crippen LogP contribution in [0.25, 0.3) is 0 Å². The van der Waals surface area contributed by atoms with Crippen molar-refractivity contribution in [2.45, 2.75) is 77.4 Å². The average Bonchev–Trinajstić information content (AvgIpc) is 3.67. The zero-order valence-corrected chi connectivity index (χ0v) is 34.7. The third kappa shape index (κ3) is 7.22. The van der Waals surface area contributed by atoms with Crippen LogP contribution in [0.3, 0.4) is 0 Å². The van der Waals surface area contributed by atoms with Crippen molar-refractivity contribution in [3.63, 3.8) is 0 Å². The van der Waals surface area contributed by atoms with Crippen LogP contribution in [0.2, 0.25) is 0 Å². The van der Waals surface area contributed by atoms with Gasteiger partial charge >= 0.3 is 11.9 Å². The summed E-state index contributed by atoms with van der Waals surface area (Å²) in [6, 6.07) is 3.23. The highest BCUT2D eigenvalue weighted by molar-refractivity contribution is 7.98. The fraction of sp³-hybridized carbons (Fsp3) is 0.524. The molecule has 0 saturated heterocycles. The van der Waals surface area contributed by atoms with Gasteiger partial charge < -0.3 is 48.7 Å². The lowest BCUT2D eigenvalue weighted by Gasteiger charge is -2.44. The molecule has 2 bridgehead atoms. The molecule has 0 spiro atoms. The first-order chi connectivity index (χ1) is 27.5. The van der Waals surface area contributed by atoms with Crippen LogP contribution in [0.5, 0.6) is 40.2 Å². The average molecular weight is 808 g/mol. The number of esters is 2. The fourth-order valence-corrected chi connectivity index (χ4v) is 10.0. The molecule has 4 heterocycles. The number of methoxy groups -OCH3 is 2. The number of nitrogens with zero attached hydrogens (tertiary/aromatic N) is 2. The first kappa shape index (κ1) is 40.8. The summed E-state index contributed by atoms with van der Waals surface area (Å²) in [4.78, 5) is 31.7. The number of phenolic OH excluding ortho intramolecular Hbond substituents is 1. The van der Waals surface area contributed by atoms with E-state index in [2.05, 4.69) is 22.5 Å². The molecule has 3 unspecified atom stereocenters. The van der Waals surface area contributed by atoms with E-state index in [1.807, 2.05) is 32.7 Å². The summed E-state index contributed by atoms with van der Waals surface area (Å²) in [7, 11) is 5.00. The minimum atomic E-state index is -1.05. The molecule has 15 heteroatoms. The Morgan fingerprint density at radius 3 is 2.40 bits per heavy atom. The number of carbonyl (C=O) groups is 2. The van der Waals surface area contributed by atoms with E-state index in [0.717, 1.165) is 28.7 Å². The zero-order chi connectivity index (χ0) is 40.7. The molecule has 0 fully saturated rings. The lowest BCUT2D eigenvalue weighted by Crippen LogP contribution is -2.50. The summed E-state index contributed by atoms with van der Waals surface area (Å²) in [6.45, 7) is 7.44. The topological polar surface area (TPSA) is 158 Å². The number of hydrogen-bond donors (Lipinski definition) is 3. The normalized spacial score (nSPS) is 24.3. The van der Waals surface area contributed by atoms with Crippen LogP contribution in [0, 0.1) is 20.8 Å². The third-order valence-electron chi connectivity index (χ3n) is 11.7. The van der Waals surface area contributed by atoms with Gasteiger partial charge in [0.1, 0.15) is 18.4 Å². The quantitative estimate of drug-likeness (QED) is 0.210. The number of benzene rings is 3. The molecule has 3 N–H and O–H groups in total. The molecule has 7 rings (SSSR count). The Hall–Kier alpha value is -4.41.